The summed E-state index contributed by atoms with van der Waals surface area (Å²) in [7, 11) is -0.797. The van der Waals surface area contributed by atoms with E-state index < -0.39 is 35.9 Å². The van der Waals surface area contributed by atoms with Gasteiger partial charge in [-0.25, -0.2) is 4.39 Å². The van der Waals surface area contributed by atoms with Gasteiger partial charge in [-0.15, -0.1) is 0 Å². The summed E-state index contributed by atoms with van der Waals surface area (Å²) in [6.07, 6.45) is -0.0781. The van der Waals surface area contributed by atoms with Crippen LogP contribution in [0.15, 0.2) is 18.2 Å². The number of hydrogen-bond acceptors (Lipinski definition) is 4. The molecule has 0 aliphatic carbocycles. The van der Waals surface area contributed by atoms with Gasteiger partial charge >= 0.3 is 13.1 Å². The lowest BCUT2D eigenvalue weighted by Crippen LogP contribution is -2.41. The van der Waals surface area contributed by atoms with Gasteiger partial charge < -0.3 is 14.0 Å². The van der Waals surface area contributed by atoms with Crippen LogP contribution in [0.4, 0.5) is 4.39 Å². The highest BCUT2D eigenvalue weighted by Gasteiger charge is 2.55. The minimum absolute atomic E-state index is 0.0781. The quantitative estimate of drug-likeness (QED) is 0.587. The molecule has 24 heavy (non-hydrogen) atoms. The van der Waals surface area contributed by atoms with Gasteiger partial charge in [0.2, 0.25) is 0 Å². The molecule has 4 nitrogen and oxygen atoms in total. The molecule has 1 aromatic rings. The number of rotatable bonds is 5. The first-order valence-corrected chi connectivity index (χ1v) is 8.42. The van der Waals surface area contributed by atoms with Crippen molar-refractivity contribution in [2.24, 2.45) is 0 Å². The summed E-state index contributed by atoms with van der Waals surface area (Å²) in [5.41, 5.74) is -0.976. The van der Waals surface area contributed by atoms with Crippen molar-refractivity contribution in [3.8, 4) is 0 Å². The van der Waals surface area contributed by atoms with Crippen molar-refractivity contribution in [1.29, 1.82) is 0 Å². The van der Waals surface area contributed by atoms with E-state index in [4.69, 9.17) is 25.6 Å². The lowest BCUT2D eigenvalue weighted by Gasteiger charge is -2.32. The summed E-state index contributed by atoms with van der Waals surface area (Å²) >= 11 is 6.20. The lowest BCUT2D eigenvalue weighted by molar-refractivity contribution is -0.143. The zero-order valence-corrected chi connectivity index (χ0v) is 15.4. The van der Waals surface area contributed by atoms with Crippen LogP contribution in [0.3, 0.4) is 0 Å². The van der Waals surface area contributed by atoms with Crippen LogP contribution in [0.1, 0.15) is 52.4 Å². The summed E-state index contributed by atoms with van der Waals surface area (Å²) in [6.45, 7) is 9.57. The molecule has 0 bridgehead atoms. The van der Waals surface area contributed by atoms with Crippen molar-refractivity contribution >= 4 is 24.7 Å². The monoisotopic (exact) mass is 356 g/mol. The standard InChI is InChI=1S/C17H23BClFO4/c1-6-22-14(21)10-11(15-12(19)8-7-9-13(15)20)18-23-16(2,3)17(4,5)24-18/h7-9,11H,6,10H2,1-5H3. The highest BCUT2D eigenvalue weighted by molar-refractivity contribution is 6.48. The Labute approximate surface area is 147 Å². The van der Waals surface area contributed by atoms with Gasteiger partial charge in [0.25, 0.3) is 0 Å². The molecule has 1 atom stereocenters. The molecule has 7 heteroatoms. The Morgan fingerprint density at radius 1 is 1.29 bits per heavy atom. The number of halogens is 2. The van der Waals surface area contributed by atoms with Crippen molar-refractivity contribution < 1.29 is 23.2 Å². The van der Waals surface area contributed by atoms with Gasteiger partial charge in [-0.1, -0.05) is 17.7 Å². The maximum atomic E-state index is 14.4. The molecule has 0 saturated carbocycles. The average molecular weight is 357 g/mol. The Kier molecular flexibility index (Phi) is 5.62. The van der Waals surface area contributed by atoms with Gasteiger partial charge in [0, 0.05) is 16.4 Å². The number of carbonyl (C=O) groups excluding carboxylic acids is 1. The van der Waals surface area contributed by atoms with Crippen LogP contribution in [-0.4, -0.2) is 30.9 Å². The van der Waals surface area contributed by atoms with Crippen LogP contribution < -0.4 is 0 Å². The summed E-state index contributed by atoms with van der Waals surface area (Å²) in [5, 5.41) is 0.235. The zero-order valence-electron chi connectivity index (χ0n) is 14.7. The first-order chi connectivity index (χ1) is 11.1. The maximum absolute atomic E-state index is 14.4. The SMILES string of the molecule is CCOC(=O)CC(B1OC(C)(C)C(C)(C)O1)c1c(F)cccc1Cl. The summed E-state index contributed by atoms with van der Waals surface area (Å²) in [4.78, 5) is 12.0. The fourth-order valence-electron chi connectivity index (χ4n) is 2.65. The minimum Gasteiger partial charge on any atom is -0.466 e. The second kappa shape index (κ2) is 7.02. The Morgan fingerprint density at radius 3 is 2.38 bits per heavy atom. The van der Waals surface area contributed by atoms with Gasteiger partial charge in [-0.3, -0.25) is 4.79 Å². The predicted molar refractivity (Wildman–Crippen MR) is 91.5 cm³/mol. The lowest BCUT2D eigenvalue weighted by atomic mass is 9.66. The largest absolute Gasteiger partial charge is 0.466 e. The van der Waals surface area contributed by atoms with Gasteiger partial charge in [-0.05, 0) is 46.8 Å². The maximum Gasteiger partial charge on any atom is 0.466 e. The van der Waals surface area contributed by atoms with Crippen molar-refractivity contribution in [3.05, 3.63) is 34.6 Å². The molecular weight excluding hydrogens is 333 g/mol. The van der Waals surface area contributed by atoms with Crippen molar-refractivity contribution in [1.82, 2.24) is 0 Å². The molecular formula is C17H23BClFO4. The number of ether oxygens (including phenoxy) is 1. The van der Waals surface area contributed by atoms with Crippen LogP contribution in [-0.2, 0) is 18.8 Å². The molecule has 1 aliphatic rings. The molecule has 1 heterocycles. The van der Waals surface area contributed by atoms with Crippen molar-refractivity contribution in [2.45, 2.75) is 58.1 Å². The molecule has 1 saturated heterocycles. The van der Waals surface area contributed by atoms with Gasteiger partial charge in [-0.2, -0.15) is 0 Å². The zero-order chi connectivity index (χ0) is 18.1. The van der Waals surface area contributed by atoms with Crippen LogP contribution in [0.2, 0.25) is 5.02 Å². The fourth-order valence-corrected chi connectivity index (χ4v) is 2.95. The average Bonchev–Trinajstić information content (AvgIpc) is 2.66. The smallest absolute Gasteiger partial charge is 0.466 e. The molecule has 1 fully saturated rings. The third-order valence-electron chi connectivity index (χ3n) is 4.66. The molecule has 2 rings (SSSR count). The third kappa shape index (κ3) is 3.76. The molecule has 0 aromatic heterocycles. The van der Waals surface area contributed by atoms with Crippen molar-refractivity contribution in [2.75, 3.05) is 6.61 Å². The Hall–Kier alpha value is -1.11. The molecule has 1 aliphatic heterocycles. The summed E-state index contributed by atoms with van der Waals surface area (Å²) in [5.74, 6) is -1.64. The summed E-state index contributed by atoms with van der Waals surface area (Å²) in [6, 6.07) is 4.42. The van der Waals surface area contributed by atoms with Gasteiger partial charge in [0.05, 0.1) is 24.2 Å². The van der Waals surface area contributed by atoms with E-state index in [1.165, 1.54) is 12.1 Å². The molecule has 0 amide bonds. The molecule has 0 radical (unpaired) electrons. The van der Waals surface area contributed by atoms with E-state index in [2.05, 4.69) is 0 Å². The Balaban J connectivity index is 2.40. The number of hydrogen-bond donors (Lipinski definition) is 0. The van der Waals surface area contributed by atoms with Crippen LogP contribution in [0.25, 0.3) is 0 Å². The van der Waals surface area contributed by atoms with E-state index in [-0.39, 0.29) is 23.6 Å². The predicted octanol–water partition coefficient (Wildman–Crippen LogP) is 4.15. The molecule has 132 valence electrons. The normalized spacial score (nSPS) is 20.0. The van der Waals surface area contributed by atoms with E-state index in [9.17, 15) is 9.18 Å². The minimum atomic E-state index is -0.797. The van der Waals surface area contributed by atoms with E-state index in [1.54, 1.807) is 13.0 Å². The molecule has 1 unspecified atom stereocenters. The van der Waals surface area contributed by atoms with E-state index in [0.29, 0.717) is 0 Å². The highest BCUT2D eigenvalue weighted by Crippen LogP contribution is 2.43. The first-order valence-electron chi connectivity index (χ1n) is 8.04. The van der Waals surface area contributed by atoms with Crippen LogP contribution in [0, 0.1) is 5.82 Å². The Morgan fingerprint density at radius 2 is 1.88 bits per heavy atom. The van der Waals surface area contributed by atoms with Crippen LogP contribution in [0.5, 0.6) is 0 Å². The molecule has 0 spiro atoms. The molecule has 0 N–H and O–H groups in total. The fraction of sp³-hybridized carbons (Fsp3) is 0.588. The van der Waals surface area contributed by atoms with E-state index in [1.807, 2.05) is 27.7 Å². The second-order valence-corrected chi connectivity index (χ2v) is 7.28. The third-order valence-corrected chi connectivity index (χ3v) is 4.99. The Bertz CT molecular complexity index is 584. The summed E-state index contributed by atoms with van der Waals surface area (Å²) < 4.78 is 31.5. The van der Waals surface area contributed by atoms with Gasteiger partial charge in [0.15, 0.2) is 0 Å². The van der Waals surface area contributed by atoms with Crippen LogP contribution >= 0.6 is 11.6 Å². The molecule has 1 aromatic carbocycles. The topological polar surface area (TPSA) is 44.8 Å². The second-order valence-electron chi connectivity index (χ2n) is 6.88. The number of benzene rings is 1. The van der Waals surface area contributed by atoms with E-state index in [0.717, 1.165) is 0 Å². The van der Waals surface area contributed by atoms with Crippen molar-refractivity contribution in [3.63, 3.8) is 0 Å². The number of carbonyl (C=O) groups is 1. The van der Waals surface area contributed by atoms with Gasteiger partial charge in [0.1, 0.15) is 5.82 Å². The first kappa shape index (κ1) is 19.2. The highest BCUT2D eigenvalue weighted by atomic mass is 35.5. The van der Waals surface area contributed by atoms with E-state index >= 15 is 0 Å². The number of esters is 1.